The van der Waals surface area contributed by atoms with Crippen molar-refractivity contribution >= 4 is 58.7 Å². The maximum Gasteiger partial charge on any atom is 0.128 e. The van der Waals surface area contributed by atoms with Crippen molar-refractivity contribution < 1.29 is 0 Å². The standard InChI is InChI=1S/CH3NS2.CH2S2/c2-1(3)4;2-1-3/h(H3,2,3,4);1H,(H,2,3). The molecule has 0 saturated carbocycles. The molecule has 7 heavy (non-hydrogen) atoms. The van der Waals surface area contributed by atoms with Crippen LogP contribution in [0.4, 0.5) is 0 Å². The highest BCUT2D eigenvalue weighted by molar-refractivity contribution is 8.11. The fourth-order valence-corrected chi connectivity index (χ4v) is 0. The van der Waals surface area contributed by atoms with Crippen molar-refractivity contribution in [3.63, 3.8) is 0 Å². The van der Waals surface area contributed by atoms with Gasteiger partial charge in [0.2, 0.25) is 0 Å². The quantitative estimate of drug-likeness (QED) is 0.375. The minimum Gasteiger partial charge on any atom is -0.385 e. The Balaban J connectivity index is 0. The summed E-state index contributed by atoms with van der Waals surface area (Å²) >= 11 is 15.3. The first kappa shape index (κ1) is 10.6. The summed E-state index contributed by atoms with van der Waals surface area (Å²) in [5.41, 5.74) is 4.71. The SMILES string of the molecule is NC(=S)S.S=CS. The molecule has 0 aromatic rings. The Bertz CT molecular complexity index is 56.7. The van der Waals surface area contributed by atoms with Crippen LogP contribution in [0.15, 0.2) is 0 Å². The molecule has 0 aliphatic carbocycles. The van der Waals surface area contributed by atoms with E-state index < -0.39 is 0 Å². The summed E-state index contributed by atoms with van der Waals surface area (Å²) in [5.74, 6) is 0. The van der Waals surface area contributed by atoms with E-state index in [1.165, 1.54) is 4.70 Å². The molecule has 1 nitrogen and oxygen atoms in total. The van der Waals surface area contributed by atoms with Crippen molar-refractivity contribution in [2.75, 3.05) is 0 Å². The van der Waals surface area contributed by atoms with Crippen LogP contribution in [-0.4, -0.2) is 9.02 Å². The molecule has 2 N–H and O–H groups in total. The van der Waals surface area contributed by atoms with E-state index in [2.05, 4.69) is 49.7 Å². The van der Waals surface area contributed by atoms with Crippen LogP contribution >= 0.6 is 49.7 Å². The lowest BCUT2D eigenvalue weighted by Crippen LogP contribution is -1.94. The van der Waals surface area contributed by atoms with E-state index in [4.69, 9.17) is 5.73 Å². The second-order valence-electron chi connectivity index (χ2n) is 0.444. The van der Waals surface area contributed by atoms with Crippen molar-refractivity contribution in [2.45, 2.75) is 0 Å². The molecule has 0 bridgehead atoms. The summed E-state index contributed by atoms with van der Waals surface area (Å²) in [6, 6.07) is 0. The zero-order chi connectivity index (χ0) is 6.28. The highest BCUT2D eigenvalue weighted by Gasteiger charge is 1.55. The summed E-state index contributed by atoms with van der Waals surface area (Å²) in [4.78, 5) is 0. The molecule has 0 aliphatic heterocycles. The summed E-state index contributed by atoms with van der Waals surface area (Å²) in [5, 5.41) is 0. The molecule has 0 fully saturated rings. The van der Waals surface area contributed by atoms with E-state index in [1.54, 1.807) is 0 Å². The van der Waals surface area contributed by atoms with E-state index >= 15 is 0 Å². The highest BCUT2D eigenvalue weighted by atomic mass is 32.1. The van der Waals surface area contributed by atoms with Gasteiger partial charge in [0, 0.05) is 4.70 Å². The van der Waals surface area contributed by atoms with Gasteiger partial charge in [-0.1, -0.05) is 24.4 Å². The average molecular weight is 171 g/mol. The zero-order valence-corrected chi connectivity index (χ0v) is 6.79. The minimum atomic E-state index is 0.194. The molecular formula is C2H5NS4. The van der Waals surface area contributed by atoms with Gasteiger partial charge in [-0.25, -0.2) is 0 Å². The van der Waals surface area contributed by atoms with Gasteiger partial charge in [-0.3, -0.25) is 0 Å². The molecule has 0 atom stereocenters. The summed E-state index contributed by atoms with van der Waals surface area (Å²) < 4.78 is 1.47. The maximum atomic E-state index is 4.71. The predicted octanol–water partition coefficient (Wildman–Crippen LogP) is 1.03. The summed E-state index contributed by atoms with van der Waals surface area (Å²) in [6.45, 7) is 0. The fourth-order valence-electron chi connectivity index (χ4n) is 0. The molecule has 0 saturated heterocycles. The summed E-state index contributed by atoms with van der Waals surface area (Å²) in [7, 11) is 0. The van der Waals surface area contributed by atoms with E-state index in [1.807, 2.05) is 0 Å². The molecule has 0 spiro atoms. The third-order valence-corrected chi connectivity index (χ3v) is 0. The van der Waals surface area contributed by atoms with Gasteiger partial charge in [0.05, 0.1) is 0 Å². The van der Waals surface area contributed by atoms with Gasteiger partial charge in [0.25, 0.3) is 0 Å². The monoisotopic (exact) mass is 171 g/mol. The Morgan fingerprint density at radius 3 is 1.71 bits per heavy atom. The van der Waals surface area contributed by atoms with Crippen molar-refractivity contribution in [2.24, 2.45) is 5.73 Å². The second kappa shape index (κ2) is 9.84. The van der Waals surface area contributed by atoms with Crippen LogP contribution < -0.4 is 5.73 Å². The van der Waals surface area contributed by atoms with Crippen LogP contribution in [0.2, 0.25) is 0 Å². The van der Waals surface area contributed by atoms with Gasteiger partial charge in [0.15, 0.2) is 0 Å². The third-order valence-electron chi connectivity index (χ3n) is 0. The van der Waals surface area contributed by atoms with Crippen molar-refractivity contribution in [3.8, 4) is 0 Å². The van der Waals surface area contributed by atoms with Gasteiger partial charge in [-0.2, -0.15) is 0 Å². The second-order valence-corrected chi connectivity index (χ2v) is 2.51. The Labute approximate surface area is 64.5 Å². The molecule has 0 unspecified atom stereocenters. The lowest BCUT2D eigenvalue weighted by atomic mass is 11.5. The molecule has 0 radical (unpaired) electrons. The van der Waals surface area contributed by atoms with Gasteiger partial charge in [0.1, 0.15) is 4.32 Å². The van der Waals surface area contributed by atoms with Crippen LogP contribution in [0, 0.1) is 0 Å². The number of thiol groups is 2. The molecule has 0 aromatic carbocycles. The summed E-state index contributed by atoms with van der Waals surface area (Å²) in [6.07, 6.45) is 0. The van der Waals surface area contributed by atoms with Crippen LogP contribution in [0.3, 0.4) is 0 Å². The smallest absolute Gasteiger partial charge is 0.128 e. The van der Waals surface area contributed by atoms with Crippen LogP contribution in [-0.2, 0) is 0 Å². The fraction of sp³-hybridized carbons (Fsp3) is 0. The Hall–Kier alpha value is 0.680. The Morgan fingerprint density at radius 1 is 1.71 bits per heavy atom. The Kier molecular flexibility index (Phi) is 14.9. The first-order chi connectivity index (χ1) is 3.15. The molecule has 0 amide bonds. The number of rotatable bonds is 0. The number of hydrogen-bond acceptors (Lipinski definition) is 2. The third kappa shape index (κ3) is 316. The first-order valence-electron chi connectivity index (χ1n) is 1.21. The molecule has 0 heterocycles. The largest absolute Gasteiger partial charge is 0.385 e. The molecule has 0 rings (SSSR count). The van der Waals surface area contributed by atoms with Gasteiger partial charge < -0.3 is 5.73 Å². The predicted molar refractivity (Wildman–Crippen MR) is 48.4 cm³/mol. The van der Waals surface area contributed by atoms with Gasteiger partial charge >= 0.3 is 0 Å². The van der Waals surface area contributed by atoms with E-state index in [0.29, 0.717) is 0 Å². The number of hydrogen-bond donors (Lipinski definition) is 3. The molecular weight excluding hydrogens is 166 g/mol. The maximum absolute atomic E-state index is 4.71. The van der Waals surface area contributed by atoms with Crippen molar-refractivity contribution in [1.82, 2.24) is 0 Å². The average Bonchev–Trinajstić information content (AvgIpc) is 1.33. The van der Waals surface area contributed by atoms with Crippen LogP contribution in [0.1, 0.15) is 0 Å². The van der Waals surface area contributed by atoms with Gasteiger partial charge in [-0.15, -0.1) is 25.3 Å². The van der Waals surface area contributed by atoms with E-state index in [-0.39, 0.29) is 4.32 Å². The topological polar surface area (TPSA) is 26.0 Å². The molecule has 0 aromatic heterocycles. The minimum absolute atomic E-state index is 0.194. The van der Waals surface area contributed by atoms with Gasteiger partial charge in [-0.05, 0) is 0 Å². The normalized spacial score (nSPS) is 5.43. The van der Waals surface area contributed by atoms with Crippen LogP contribution in [0.5, 0.6) is 0 Å². The highest BCUT2D eigenvalue weighted by Crippen LogP contribution is 1.63. The number of nitrogens with two attached hydrogens (primary N) is 1. The lowest BCUT2D eigenvalue weighted by Gasteiger charge is -1.64. The number of thiocarbonyl (C=S) groups is 2. The van der Waals surface area contributed by atoms with Crippen molar-refractivity contribution in [3.05, 3.63) is 0 Å². The van der Waals surface area contributed by atoms with Crippen LogP contribution in [0.25, 0.3) is 0 Å². The molecule has 42 valence electrons. The lowest BCUT2D eigenvalue weighted by molar-refractivity contribution is 1.91. The Morgan fingerprint density at radius 2 is 1.71 bits per heavy atom. The molecule has 5 heteroatoms. The first-order valence-corrected chi connectivity index (χ1v) is 3.05. The van der Waals surface area contributed by atoms with Crippen molar-refractivity contribution in [1.29, 1.82) is 0 Å². The van der Waals surface area contributed by atoms with E-state index in [0.717, 1.165) is 0 Å². The van der Waals surface area contributed by atoms with E-state index in [9.17, 15) is 0 Å². The molecule has 0 aliphatic rings. The zero-order valence-electron chi connectivity index (χ0n) is 3.37.